The van der Waals surface area contributed by atoms with Crippen LogP contribution >= 0.6 is 0 Å². The second kappa shape index (κ2) is 5.75. The van der Waals surface area contributed by atoms with Crippen molar-refractivity contribution < 1.29 is 17.9 Å². The second-order valence-electron chi connectivity index (χ2n) is 4.11. The number of rotatable bonds is 6. The zero-order chi connectivity index (χ0) is 12.2. The van der Waals surface area contributed by atoms with Crippen molar-refractivity contribution in [3.05, 3.63) is 0 Å². The fourth-order valence-electron chi connectivity index (χ4n) is 1.70. The molecule has 0 aromatic rings. The highest BCUT2D eigenvalue weighted by Gasteiger charge is 2.30. The van der Waals surface area contributed by atoms with Crippen molar-refractivity contribution >= 4 is 15.6 Å². The number of hydrogen-bond acceptors (Lipinski definition) is 5. The van der Waals surface area contributed by atoms with Crippen molar-refractivity contribution in [2.45, 2.75) is 25.8 Å². The van der Waals surface area contributed by atoms with Crippen molar-refractivity contribution in [2.75, 3.05) is 24.7 Å². The number of sulfone groups is 1. The molecule has 0 bridgehead atoms. The molecule has 16 heavy (non-hydrogen) atoms. The first kappa shape index (κ1) is 13.6. The molecule has 0 spiro atoms. The van der Waals surface area contributed by atoms with Crippen LogP contribution in [0.2, 0.25) is 0 Å². The van der Waals surface area contributed by atoms with E-state index in [4.69, 9.17) is 10.5 Å². The molecule has 1 heterocycles. The molecule has 1 aliphatic heterocycles. The molecule has 0 saturated carbocycles. The maximum Gasteiger partial charge on any atom is 0.150 e. The molecule has 2 unspecified atom stereocenters. The third kappa shape index (κ3) is 3.84. The van der Waals surface area contributed by atoms with E-state index in [9.17, 15) is 13.2 Å². The minimum absolute atomic E-state index is 0.0244. The number of hydrogen-bond donors (Lipinski definition) is 1. The molecule has 2 N–H and O–H groups in total. The van der Waals surface area contributed by atoms with E-state index in [1.54, 1.807) is 6.92 Å². The van der Waals surface area contributed by atoms with Gasteiger partial charge in [-0.15, -0.1) is 0 Å². The molecule has 0 amide bonds. The summed E-state index contributed by atoms with van der Waals surface area (Å²) < 4.78 is 27.5. The van der Waals surface area contributed by atoms with Crippen molar-refractivity contribution in [1.82, 2.24) is 0 Å². The van der Waals surface area contributed by atoms with E-state index in [-0.39, 0.29) is 35.7 Å². The predicted molar refractivity (Wildman–Crippen MR) is 60.9 cm³/mol. The molecule has 0 radical (unpaired) electrons. The Morgan fingerprint density at radius 3 is 2.62 bits per heavy atom. The van der Waals surface area contributed by atoms with Crippen molar-refractivity contribution in [3.63, 3.8) is 0 Å². The highest BCUT2D eigenvalue weighted by atomic mass is 32.2. The SMILES string of the molecule is CCS(=O)(=O)CCCC(=O)C1COCC1N. The van der Waals surface area contributed by atoms with Gasteiger partial charge in [-0.2, -0.15) is 0 Å². The lowest BCUT2D eigenvalue weighted by atomic mass is 9.96. The molecule has 0 aromatic carbocycles. The normalized spacial score (nSPS) is 25.9. The molecular weight excluding hydrogens is 230 g/mol. The average Bonchev–Trinajstić information content (AvgIpc) is 2.64. The number of Topliss-reactive ketones (excluding diaryl/α,β-unsaturated/α-hetero) is 1. The van der Waals surface area contributed by atoms with E-state index in [0.29, 0.717) is 19.6 Å². The van der Waals surface area contributed by atoms with Crippen molar-refractivity contribution in [3.8, 4) is 0 Å². The molecule has 1 saturated heterocycles. The first-order valence-electron chi connectivity index (χ1n) is 5.52. The van der Waals surface area contributed by atoms with Gasteiger partial charge in [-0.05, 0) is 6.42 Å². The lowest BCUT2D eigenvalue weighted by Gasteiger charge is -2.11. The molecule has 0 aromatic heterocycles. The van der Waals surface area contributed by atoms with Gasteiger partial charge in [0, 0.05) is 18.2 Å². The van der Waals surface area contributed by atoms with Crippen molar-refractivity contribution in [1.29, 1.82) is 0 Å². The Morgan fingerprint density at radius 1 is 1.44 bits per heavy atom. The zero-order valence-corrected chi connectivity index (χ0v) is 10.3. The Morgan fingerprint density at radius 2 is 2.12 bits per heavy atom. The first-order chi connectivity index (χ1) is 7.46. The third-order valence-corrected chi connectivity index (χ3v) is 4.65. The zero-order valence-electron chi connectivity index (χ0n) is 9.52. The van der Waals surface area contributed by atoms with Gasteiger partial charge in [0.2, 0.25) is 0 Å². The highest BCUT2D eigenvalue weighted by molar-refractivity contribution is 7.91. The Hall–Kier alpha value is -0.460. The highest BCUT2D eigenvalue weighted by Crippen LogP contribution is 2.15. The lowest BCUT2D eigenvalue weighted by Crippen LogP contribution is -2.34. The van der Waals surface area contributed by atoms with Crippen LogP contribution in [0, 0.1) is 5.92 Å². The number of nitrogens with two attached hydrogens (primary N) is 1. The van der Waals surface area contributed by atoms with Crippen LogP contribution in [0.15, 0.2) is 0 Å². The van der Waals surface area contributed by atoms with E-state index >= 15 is 0 Å². The van der Waals surface area contributed by atoms with Crippen LogP contribution in [0.5, 0.6) is 0 Å². The van der Waals surface area contributed by atoms with Crippen LogP contribution in [0.4, 0.5) is 0 Å². The molecule has 1 aliphatic rings. The number of carbonyl (C=O) groups excluding carboxylic acids is 1. The summed E-state index contributed by atoms with van der Waals surface area (Å²) in [5.41, 5.74) is 5.70. The first-order valence-corrected chi connectivity index (χ1v) is 7.35. The Kier molecular flexibility index (Phi) is 4.89. The van der Waals surface area contributed by atoms with Gasteiger partial charge in [0.05, 0.1) is 24.9 Å². The van der Waals surface area contributed by atoms with Gasteiger partial charge in [0.15, 0.2) is 0 Å². The van der Waals surface area contributed by atoms with Crippen LogP contribution in [0.3, 0.4) is 0 Å². The van der Waals surface area contributed by atoms with Crippen LogP contribution in [-0.2, 0) is 19.4 Å². The van der Waals surface area contributed by atoms with E-state index in [1.807, 2.05) is 0 Å². The van der Waals surface area contributed by atoms with Crippen LogP contribution in [0.25, 0.3) is 0 Å². The molecule has 0 aliphatic carbocycles. The Bertz CT molecular complexity index is 339. The fraction of sp³-hybridized carbons (Fsp3) is 0.900. The van der Waals surface area contributed by atoms with Gasteiger partial charge < -0.3 is 10.5 Å². The summed E-state index contributed by atoms with van der Waals surface area (Å²) in [5.74, 6) is -0.00804. The number of ketones is 1. The summed E-state index contributed by atoms with van der Waals surface area (Å²) in [6.45, 7) is 2.40. The lowest BCUT2D eigenvalue weighted by molar-refractivity contribution is -0.123. The number of ether oxygens (including phenoxy) is 1. The number of carbonyl (C=O) groups is 1. The summed E-state index contributed by atoms with van der Waals surface area (Å²) >= 11 is 0. The minimum atomic E-state index is -2.97. The van der Waals surface area contributed by atoms with Crippen LogP contribution in [-0.4, -0.2) is 45.0 Å². The summed E-state index contributed by atoms with van der Waals surface area (Å²) in [7, 11) is -2.97. The summed E-state index contributed by atoms with van der Waals surface area (Å²) in [5, 5.41) is 0. The molecule has 2 atom stereocenters. The van der Waals surface area contributed by atoms with Crippen LogP contribution in [0.1, 0.15) is 19.8 Å². The second-order valence-corrected chi connectivity index (χ2v) is 6.59. The molecule has 94 valence electrons. The average molecular weight is 249 g/mol. The van der Waals surface area contributed by atoms with Gasteiger partial charge in [-0.1, -0.05) is 6.92 Å². The largest absolute Gasteiger partial charge is 0.379 e. The van der Waals surface area contributed by atoms with Gasteiger partial charge >= 0.3 is 0 Å². The molecule has 1 fully saturated rings. The van der Waals surface area contributed by atoms with E-state index in [1.165, 1.54) is 0 Å². The van der Waals surface area contributed by atoms with Gasteiger partial charge in [-0.25, -0.2) is 8.42 Å². The predicted octanol–water partition coefficient (Wildman–Crippen LogP) is -0.256. The monoisotopic (exact) mass is 249 g/mol. The van der Waals surface area contributed by atoms with Gasteiger partial charge in [0.25, 0.3) is 0 Å². The van der Waals surface area contributed by atoms with Gasteiger partial charge in [-0.3, -0.25) is 4.79 Å². The third-order valence-electron chi connectivity index (χ3n) is 2.86. The molecular formula is C10H19NO4S. The topological polar surface area (TPSA) is 86.5 Å². The maximum atomic E-state index is 11.7. The summed E-state index contributed by atoms with van der Waals surface area (Å²) in [6.07, 6.45) is 0.666. The van der Waals surface area contributed by atoms with E-state index in [2.05, 4.69) is 0 Å². The molecule has 1 rings (SSSR count). The fourth-order valence-corrected chi connectivity index (χ4v) is 2.57. The van der Waals surface area contributed by atoms with Crippen molar-refractivity contribution in [2.24, 2.45) is 11.7 Å². The summed E-state index contributed by atoms with van der Waals surface area (Å²) in [4.78, 5) is 11.7. The standard InChI is InChI=1S/C10H19NO4S/c1-2-16(13,14)5-3-4-10(12)8-6-15-7-9(8)11/h8-9H,2-7,11H2,1H3. The summed E-state index contributed by atoms with van der Waals surface area (Å²) in [6, 6.07) is -0.227. The smallest absolute Gasteiger partial charge is 0.150 e. The maximum absolute atomic E-state index is 11.7. The molecule has 6 heteroatoms. The Balaban J connectivity index is 2.30. The van der Waals surface area contributed by atoms with Gasteiger partial charge in [0.1, 0.15) is 15.6 Å². The van der Waals surface area contributed by atoms with E-state index < -0.39 is 9.84 Å². The minimum Gasteiger partial charge on any atom is -0.379 e. The van der Waals surface area contributed by atoms with Crippen LogP contribution < -0.4 is 5.73 Å². The Labute approximate surface area is 96.3 Å². The van der Waals surface area contributed by atoms with E-state index in [0.717, 1.165) is 0 Å². The quantitative estimate of drug-likeness (QED) is 0.701. The molecule has 5 nitrogen and oxygen atoms in total.